The van der Waals surface area contributed by atoms with Gasteiger partial charge in [-0.2, -0.15) is 0 Å². The first-order chi connectivity index (χ1) is 8.09. The number of carbonyl (C=O) groups excluding carboxylic acids is 1. The van der Waals surface area contributed by atoms with Crippen LogP contribution in [0.15, 0.2) is 24.3 Å². The number of likely N-dealkylation sites (tertiary alicyclic amines) is 1. The number of benzene rings is 1. The highest BCUT2D eigenvalue weighted by Crippen LogP contribution is 2.32. The first kappa shape index (κ1) is 14.9. The molecule has 2 atom stereocenters. The summed E-state index contributed by atoms with van der Waals surface area (Å²) in [5.74, 6) is -0.320. The third-order valence-corrected chi connectivity index (χ3v) is 3.16. The zero-order chi connectivity index (χ0) is 12.4. The minimum Gasteiger partial charge on any atom is -0.334 e. The first-order valence-electron chi connectivity index (χ1n) is 5.91. The molecule has 2 N–H and O–H groups in total. The van der Waals surface area contributed by atoms with Crippen molar-refractivity contribution in [2.75, 3.05) is 6.54 Å². The van der Waals surface area contributed by atoms with E-state index < -0.39 is 6.04 Å². The Balaban J connectivity index is 0.00000162. The number of halogens is 2. The second-order valence-electron chi connectivity index (χ2n) is 4.53. The van der Waals surface area contributed by atoms with Crippen molar-refractivity contribution in [2.24, 2.45) is 5.73 Å². The van der Waals surface area contributed by atoms with E-state index in [0.717, 1.165) is 18.4 Å². The summed E-state index contributed by atoms with van der Waals surface area (Å²) in [6, 6.07) is 5.93. The predicted molar refractivity (Wildman–Crippen MR) is 71.0 cm³/mol. The number of carbonyl (C=O) groups is 1. The average Bonchev–Trinajstić information content (AvgIpc) is 2.76. The van der Waals surface area contributed by atoms with Crippen molar-refractivity contribution in [3.05, 3.63) is 35.6 Å². The van der Waals surface area contributed by atoms with Crippen molar-refractivity contribution in [2.45, 2.75) is 31.8 Å². The Kier molecular flexibility index (Phi) is 5.11. The molecule has 18 heavy (non-hydrogen) atoms. The summed E-state index contributed by atoms with van der Waals surface area (Å²) >= 11 is 0. The van der Waals surface area contributed by atoms with Gasteiger partial charge in [0.2, 0.25) is 5.91 Å². The summed E-state index contributed by atoms with van der Waals surface area (Å²) in [4.78, 5) is 13.7. The van der Waals surface area contributed by atoms with E-state index in [0.29, 0.717) is 6.54 Å². The molecule has 1 amide bonds. The number of nitrogens with two attached hydrogens (primary N) is 1. The molecule has 3 nitrogen and oxygen atoms in total. The summed E-state index contributed by atoms with van der Waals surface area (Å²) in [7, 11) is 0. The second kappa shape index (κ2) is 6.16. The molecule has 1 fully saturated rings. The average molecular weight is 273 g/mol. The highest BCUT2D eigenvalue weighted by atomic mass is 35.5. The maximum atomic E-state index is 13.2. The van der Waals surface area contributed by atoms with Crippen LogP contribution in [0.2, 0.25) is 0 Å². The molecule has 0 bridgehead atoms. The van der Waals surface area contributed by atoms with Crippen LogP contribution >= 0.6 is 12.4 Å². The van der Waals surface area contributed by atoms with Gasteiger partial charge in [0.25, 0.3) is 0 Å². The molecule has 5 heteroatoms. The molecule has 0 saturated carbocycles. The van der Waals surface area contributed by atoms with Gasteiger partial charge in [-0.25, -0.2) is 4.39 Å². The summed E-state index contributed by atoms with van der Waals surface area (Å²) in [5.41, 5.74) is 6.48. The summed E-state index contributed by atoms with van der Waals surface area (Å²) in [6.07, 6.45) is 1.82. The minimum absolute atomic E-state index is 0. The van der Waals surface area contributed by atoms with E-state index in [4.69, 9.17) is 5.73 Å². The van der Waals surface area contributed by atoms with Crippen molar-refractivity contribution in [1.29, 1.82) is 0 Å². The van der Waals surface area contributed by atoms with Gasteiger partial charge in [-0.05, 0) is 37.5 Å². The van der Waals surface area contributed by atoms with E-state index >= 15 is 0 Å². The number of rotatable bonds is 2. The third kappa shape index (κ3) is 3.00. The van der Waals surface area contributed by atoms with Gasteiger partial charge in [0.15, 0.2) is 0 Å². The van der Waals surface area contributed by atoms with Crippen LogP contribution in [0.25, 0.3) is 0 Å². The van der Waals surface area contributed by atoms with Crippen LogP contribution in [0, 0.1) is 5.82 Å². The van der Waals surface area contributed by atoms with Crippen molar-refractivity contribution >= 4 is 18.3 Å². The van der Waals surface area contributed by atoms with E-state index in [1.165, 1.54) is 12.1 Å². The van der Waals surface area contributed by atoms with Gasteiger partial charge in [-0.1, -0.05) is 12.1 Å². The molecule has 0 aromatic heterocycles. The largest absolute Gasteiger partial charge is 0.334 e. The Morgan fingerprint density at radius 1 is 1.56 bits per heavy atom. The maximum Gasteiger partial charge on any atom is 0.239 e. The molecule has 0 spiro atoms. The standard InChI is InChI=1S/C13H17FN2O.ClH/c1-9(15)13(17)16-7-3-6-12(16)10-4-2-5-11(14)8-10;/h2,4-5,8-9,12H,3,6-7,15H2,1H3;1H/t9-,12?;/m1./s1. The molecule has 1 saturated heterocycles. The van der Waals surface area contributed by atoms with Crippen molar-refractivity contribution in [1.82, 2.24) is 4.90 Å². The van der Waals surface area contributed by atoms with Crippen LogP contribution in [0.5, 0.6) is 0 Å². The molecule has 1 aliphatic rings. The summed E-state index contributed by atoms with van der Waals surface area (Å²) < 4.78 is 13.2. The number of amides is 1. The van der Waals surface area contributed by atoms with E-state index in [1.807, 2.05) is 6.07 Å². The van der Waals surface area contributed by atoms with Gasteiger partial charge < -0.3 is 10.6 Å². The van der Waals surface area contributed by atoms with Crippen LogP contribution in [0.1, 0.15) is 31.4 Å². The monoisotopic (exact) mass is 272 g/mol. The normalized spacial score (nSPS) is 20.4. The lowest BCUT2D eigenvalue weighted by molar-refractivity contribution is -0.133. The fourth-order valence-corrected chi connectivity index (χ4v) is 2.35. The molecule has 0 radical (unpaired) electrons. The topological polar surface area (TPSA) is 46.3 Å². The zero-order valence-electron chi connectivity index (χ0n) is 10.3. The number of hydrogen-bond acceptors (Lipinski definition) is 2. The highest BCUT2D eigenvalue weighted by molar-refractivity contribution is 5.85. The molecule has 1 heterocycles. The van der Waals surface area contributed by atoms with E-state index in [-0.39, 0.29) is 30.2 Å². The smallest absolute Gasteiger partial charge is 0.239 e. The SMILES string of the molecule is C[C@@H](N)C(=O)N1CCCC1c1cccc(F)c1.Cl. The molecule has 1 unspecified atom stereocenters. The second-order valence-corrected chi connectivity index (χ2v) is 4.53. The molecule has 2 rings (SSSR count). The van der Waals surface area contributed by atoms with Crippen LogP contribution in [0.4, 0.5) is 4.39 Å². The van der Waals surface area contributed by atoms with Gasteiger partial charge in [0.05, 0.1) is 12.1 Å². The Morgan fingerprint density at radius 3 is 2.89 bits per heavy atom. The highest BCUT2D eigenvalue weighted by Gasteiger charge is 2.31. The summed E-state index contributed by atoms with van der Waals surface area (Å²) in [5, 5.41) is 0. The first-order valence-corrected chi connectivity index (χ1v) is 5.91. The Hall–Kier alpha value is -1.13. The maximum absolute atomic E-state index is 13.2. The van der Waals surface area contributed by atoms with E-state index in [1.54, 1.807) is 17.9 Å². The minimum atomic E-state index is -0.496. The molecular weight excluding hydrogens is 255 g/mol. The van der Waals surface area contributed by atoms with Crippen LogP contribution < -0.4 is 5.73 Å². The van der Waals surface area contributed by atoms with Gasteiger partial charge in [0.1, 0.15) is 5.82 Å². The van der Waals surface area contributed by atoms with Gasteiger partial charge in [-0.3, -0.25) is 4.79 Å². The quantitative estimate of drug-likeness (QED) is 0.898. The number of hydrogen-bond donors (Lipinski definition) is 1. The Bertz CT molecular complexity index is 425. The molecule has 0 aliphatic carbocycles. The van der Waals surface area contributed by atoms with Crippen LogP contribution in [0.3, 0.4) is 0 Å². The Labute approximate surface area is 113 Å². The predicted octanol–water partition coefficient (Wildman–Crippen LogP) is 2.26. The molecule has 1 aromatic rings. The Morgan fingerprint density at radius 2 is 2.28 bits per heavy atom. The van der Waals surface area contributed by atoms with Gasteiger partial charge in [-0.15, -0.1) is 12.4 Å². The molecule has 100 valence electrons. The fraction of sp³-hybridized carbons (Fsp3) is 0.462. The van der Waals surface area contributed by atoms with Crippen molar-refractivity contribution in [3.63, 3.8) is 0 Å². The van der Waals surface area contributed by atoms with E-state index in [9.17, 15) is 9.18 Å². The lowest BCUT2D eigenvalue weighted by atomic mass is 10.0. The van der Waals surface area contributed by atoms with Crippen molar-refractivity contribution < 1.29 is 9.18 Å². The van der Waals surface area contributed by atoms with E-state index in [2.05, 4.69) is 0 Å². The van der Waals surface area contributed by atoms with Crippen LogP contribution in [-0.2, 0) is 4.79 Å². The lowest BCUT2D eigenvalue weighted by Gasteiger charge is -2.26. The summed E-state index contributed by atoms with van der Waals surface area (Å²) in [6.45, 7) is 2.39. The number of nitrogens with zero attached hydrogens (tertiary/aromatic N) is 1. The van der Waals surface area contributed by atoms with Crippen molar-refractivity contribution in [3.8, 4) is 0 Å². The van der Waals surface area contributed by atoms with Gasteiger partial charge >= 0.3 is 0 Å². The lowest BCUT2D eigenvalue weighted by Crippen LogP contribution is -2.41. The fourth-order valence-electron chi connectivity index (χ4n) is 2.35. The molecular formula is C13H18ClFN2O. The van der Waals surface area contributed by atoms with Gasteiger partial charge in [0, 0.05) is 6.54 Å². The third-order valence-electron chi connectivity index (χ3n) is 3.16. The molecule has 1 aliphatic heterocycles. The van der Waals surface area contributed by atoms with Crippen LogP contribution in [-0.4, -0.2) is 23.4 Å². The zero-order valence-corrected chi connectivity index (χ0v) is 11.1. The molecule has 1 aromatic carbocycles.